The lowest BCUT2D eigenvalue weighted by Gasteiger charge is -2.33. The summed E-state index contributed by atoms with van der Waals surface area (Å²) >= 11 is 0. The number of sulfone groups is 1. The highest BCUT2D eigenvalue weighted by Gasteiger charge is 2.56. The zero-order valence-electron chi connectivity index (χ0n) is 20.6. The summed E-state index contributed by atoms with van der Waals surface area (Å²) in [5.74, 6) is 1.06. The molecule has 186 valence electrons. The predicted octanol–water partition coefficient (Wildman–Crippen LogP) is 5.09. The molecule has 2 saturated heterocycles. The third-order valence-corrected chi connectivity index (χ3v) is 9.90. The van der Waals surface area contributed by atoms with Gasteiger partial charge in [-0.1, -0.05) is 63.1 Å². The van der Waals surface area contributed by atoms with Gasteiger partial charge in [0, 0.05) is 24.7 Å². The summed E-state index contributed by atoms with van der Waals surface area (Å²) in [6.07, 6.45) is 4.29. The fraction of sp³-hybridized carbons (Fsp3) is 0.448. The summed E-state index contributed by atoms with van der Waals surface area (Å²) in [6, 6.07) is 21.8. The quantitative estimate of drug-likeness (QED) is 0.386. The average Bonchev–Trinajstić information content (AvgIpc) is 3.43. The van der Waals surface area contributed by atoms with Crippen molar-refractivity contribution in [3.05, 3.63) is 72.3 Å². The maximum absolute atomic E-state index is 13.9. The molecule has 3 aromatic carbocycles. The maximum Gasteiger partial charge on any atom is 0.184 e. The molecule has 0 unspecified atom stereocenters. The first-order valence-corrected chi connectivity index (χ1v) is 14.5. The molecule has 0 aromatic heterocycles. The number of benzene rings is 3. The van der Waals surface area contributed by atoms with Crippen LogP contribution < -0.4 is 15.4 Å². The number of fused-ring (bicyclic) bond motifs is 3. The van der Waals surface area contributed by atoms with Crippen LogP contribution in [0.25, 0.3) is 10.8 Å². The predicted molar refractivity (Wildman–Crippen MR) is 142 cm³/mol. The van der Waals surface area contributed by atoms with E-state index in [4.69, 9.17) is 4.74 Å². The lowest BCUT2D eigenvalue weighted by molar-refractivity contribution is 0.306. The molecule has 0 aliphatic carbocycles. The molecule has 5 rings (SSSR count). The normalized spacial score (nSPS) is 25.8. The van der Waals surface area contributed by atoms with E-state index in [1.54, 1.807) is 24.3 Å². The molecule has 0 amide bonds. The van der Waals surface area contributed by atoms with Crippen LogP contribution in [0.1, 0.15) is 45.1 Å². The Balaban J connectivity index is 1.32. The van der Waals surface area contributed by atoms with Crippen LogP contribution in [-0.4, -0.2) is 38.4 Å². The van der Waals surface area contributed by atoms with Gasteiger partial charge in [-0.25, -0.2) is 8.42 Å². The first-order chi connectivity index (χ1) is 17.0. The molecular weight excluding hydrogens is 456 g/mol. The van der Waals surface area contributed by atoms with Crippen molar-refractivity contribution in [3.8, 4) is 5.75 Å². The van der Waals surface area contributed by atoms with Crippen molar-refractivity contribution < 1.29 is 13.2 Å². The molecule has 5 atom stereocenters. The molecule has 0 saturated carbocycles. The van der Waals surface area contributed by atoms with E-state index in [1.807, 2.05) is 12.1 Å². The molecule has 2 fully saturated rings. The van der Waals surface area contributed by atoms with Crippen LogP contribution in [0.2, 0.25) is 0 Å². The van der Waals surface area contributed by atoms with E-state index in [0.717, 1.165) is 31.4 Å². The van der Waals surface area contributed by atoms with Crippen molar-refractivity contribution >= 4 is 20.6 Å². The minimum Gasteiger partial charge on any atom is -0.494 e. The van der Waals surface area contributed by atoms with Crippen molar-refractivity contribution in [2.45, 2.75) is 74.3 Å². The van der Waals surface area contributed by atoms with Crippen molar-refractivity contribution in [1.82, 2.24) is 10.6 Å². The van der Waals surface area contributed by atoms with Crippen LogP contribution >= 0.6 is 0 Å². The molecule has 2 bridgehead atoms. The highest BCUT2D eigenvalue weighted by molar-refractivity contribution is 7.92. The number of ether oxygens (including phenoxy) is 1. The van der Waals surface area contributed by atoms with Crippen LogP contribution in [0.3, 0.4) is 0 Å². The Morgan fingerprint density at radius 3 is 2.54 bits per heavy atom. The Bertz CT molecular complexity index is 1260. The highest BCUT2D eigenvalue weighted by Crippen LogP contribution is 2.39. The second kappa shape index (κ2) is 10.3. The SMILES string of the molecule is CCCCCOc1ccc(S(=O)(=O)[C@@H]2[C@H]3N[C@H](C[C@@H]3C)[C@H]2NCc2ccc3ccccc3c2)cc1. The van der Waals surface area contributed by atoms with Gasteiger partial charge in [-0.15, -0.1) is 0 Å². The van der Waals surface area contributed by atoms with E-state index in [0.29, 0.717) is 24.0 Å². The summed E-state index contributed by atoms with van der Waals surface area (Å²) in [5.41, 5.74) is 1.17. The van der Waals surface area contributed by atoms with Gasteiger partial charge in [-0.3, -0.25) is 0 Å². The third-order valence-electron chi connectivity index (χ3n) is 7.67. The van der Waals surface area contributed by atoms with Crippen LogP contribution in [0.15, 0.2) is 71.6 Å². The Hall–Kier alpha value is -2.41. The van der Waals surface area contributed by atoms with Gasteiger partial charge in [0.15, 0.2) is 9.84 Å². The van der Waals surface area contributed by atoms with Crippen molar-refractivity contribution in [1.29, 1.82) is 0 Å². The van der Waals surface area contributed by atoms with Gasteiger partial charge in [0.05, 0.1) is 16.8 Å². The summed E-state index contributed by atoms with van der Waals surface area (Å²) in [6.45, 7) is 5.63. The maximum atomic E-state index is 13.9. The van der Waals surface area contributed by atoms with Gasteiger partial charge in [-0.2, -0.15) is 0 Å². The third kappa shape index (κ3) is 4.97. The van der Waals surface area contributed by atoms with E-state index in [-0.39, 0.29) is 18.1 Å². The first kappa shape index (κ1) is 24.3. The van der Waals surface area contributed by atoms with Crippen LogP contribution in [0.5, 0.6) is 5.75 Å². The van der Waals surface area contributed by atoms with Gasteiger partial charge in [-0.05, 0) is 65.4 Å². The van der Waals surface area contributed by atoms with E-state index < -0.39 is 15.1 Å². The van der Waals surface area contributed by atoms with E-state index >= 15 is 0 Å². The van der Waals surface area contributed by atoms with Crippen LogP contribution in [-0.2, 0) is 16.4 Å². The monoisotopic (exact) mass is 492 g/mol. The van der Waals surface area contributed by atoms with E-state index in [1.165, 1.54) is 16.3 Å². The number of unbranched alkanes of at least 4 members (excludes halogenated alkanes) is 2. The Labute approximate surface area is 209 Å². The first-order valence-electron chi connectivity index (χ1n) is 12.9. The summed E-state index contributed by atoms with van der Waals surface area (Å²) < 4.78 is 33.5. The molecule has 3 aromatic rings. The number of nitrogens with one attached hydrogen (secondary N) is 2. The zero-order valence-corrected chi connectivity index (χ0v) is 21.4. The minimum atomic E-state index is -3.52. The summed E-state index contributed by atoms with van der Waals surface area (Å²) in [4.78, 5) is 0.377. The molecule has 5 nitrogen and oxygen atoms in total. The van der Waals surface area contributed by atoms with Crippen molar-refractivity contribution in [3.63, 3.8) is 0 Å². The standard InChI is InChI=1S/C29H36N2O3S/c1-3-4-7-16-34-24-12-14-25(15-13-24)35(32,33)29-27-20(2)17-26(31-27)28(29)30-19-21-10-11-22-8-5-6-9-23(22)18-21/h5-6,8-15,18,20,26-31H,3-4,7,16-17,19H2,1-2H3/t20-,26+,27-,28+,29+/m0/s1. The van der Waals surface area contributed by atoms with Gasteiger partial charge in [0.2, 0.25) is 0 Å². The fourth-order valence-corrected chi connectivity index (χ4v) is 8.04. The largest absolute Gasteiger partial charge is 0.494 e. The zero-order chi connectivity index (χ0) is 24.4. The molecule has 2 heterocycles. The molecule has 6 heteroatoms. The van der Waals surface area contributed by atoms with Crippen molar-refractivity contribution in [2.24, 2.45) is 5.92 Å². The molecule has 2 aliphatic heterocycles. The smallest absolute Gasteiger partial charge is 0.184 e. The summed E-state index contributed by atoms with van der Waals surface area (Å²) in [7, 11) is -3.52. The topological polar surface area (TPSA) is 67.4 Å². The minimum absolute atomic E-state index is 0.0379. The van der Waals surface area contributed by atoms with Gasteiger partial charge < -0.3 is 15.4 Å². The van der Waals surface area contributed by atoms with Crippen LogP contribution in [0.4, 0.5) is 0 Å². The Kier molecular flexibility index (Phi) is 7.14. The molecular formula is C29H36N2O3S. The molecule has 0 spiro atoms. The van der Waals surface area contributed by atoms with Gasteiger partial charge in [0.1, 0.15) is 5.75 Å². The number of rotatable bonds is 10. The lowest BCUT2D eigenvalue weighted by Crippen LogP contribution is -2.52. The lowest BCUT2D eigenvalue weighted by atomic mass is 9.87. The summed E-state index contributed by atoms with van der Waals surface area (Å²) in [5, 5.41) is 9.15. The van der Waals surface area contributed by atoms with Gasteiger partial charge >= 0.3 is 0 Å². The number of hydrogen-bond donors (Lipinski definition) is 2. The fourth-order valence-electron chi connectivity index (χ4n) is 5.80. The highest BCUT2D eigenvalue weighted by atomic mass is 32.2. The second-order valence-corrected chi connectivity index (χ2v) is 12.2. The molecule has 0 radical (unpaired) electrons. The van der Waals surface area contributed by atoms with E-state index in [2.05, 4.69) is 54.8 Å². The van der Waals surface area contributed by atoms with Crippen LogP contribution in [0, 0.1) is 5.92 Å². The van der Waals surface area contributed by atoms with E-state index in [9.17, 15) is 8.42 Å². The Morgan fingerprint density at radius 2 is 1.77 bits per heavy atom. The number of hydrogen-bond acceptors (Lipinski definition) is 5. The molecule has 2 aliphatic rings. The van der Waals surface area contributed by atoms with Gasteiger partial charge in [0.25, 0.3) is 0 Å². The second-order valence-electron chi connectivity index (χ2n) is 10.1. The Morgan fingerprint density at radius 1 is 1.00 bits per heavy atom. The molecule has 2 N–H and O–H groups in total. The average molecular weight is 493 g/mol. The van der Waals surface area contributed by atoms with Crippen molar-refractivity contribution in [2.75, 3.05) is 6.61 Å². The molecule has 35 heavy (non-hydrogen) atoms.